The van der Waals surface area contributed by atoms with Gasteiger partial charge in [0, 0.05) is 6.04 Å². The lowest BCUT2D eigenvalue weighted by atomic mass is 10.4. The molecule has 0 atom stereocenters. The molecule has 1 N–H and O–H groups in total. The average Bonchev–Trinajstić information content (AvgIpc) is 2.13. The van der Waals surface area contributed by atoms with E-state index in [1.165, 1.54) is 0 Å². The van der Waals surface area contributed by atoms with E-state index in [0.717, 1.165) is 0 Å². The van der Waals surface area contributed by atoms with E-state index in [0.29, 0.717) is 6.67 Å². The molecule has 1 rings (SSSR count). The first-order chi connectivity index (χ1) is 4.22. The summed E-state index contributed by atoms with van der Waals surface area (Å²) in [4.78, 5) is 1.54. The number of hydrogen-bond acceptors (Lipinski definition) is 3. The first kappa shape index (κ1) is 6.32. The molecule has 0 radical (unpaired) electrons. The Labute approximate surface area is 53.5 Å². The molecule has 1 heterocycles. The van der Waals surface area contributed by atoms with Crippen molar-refractivity contribution in [1.82, 2.24) is 10.3 Å². The fraction of sp³-hybridized carbons (Fsp3) is 0.800. The minimum absolute atomic E-state index is 0.184. The summed E-state index contributed by atoms with van der Waals surface area (Å²) in [6.45, 7) is 4.33. The molecule has 0 saturated heterocycles. The molecule has 4 heteroatoms. The largest absolute Gasteiger partial charge is 0.310 e. The lowest BCUT2D eigenvalue weighted by Crippen LogP contribution is -2.33. The highest BCUT2D eigenvalue weighted by molar-refractivity contribution is 5.73. The Bertz CT molecular complexity index is 132. The summed E-state index contributed by atoms with van der Waals surface area (Å²) < 4.78 is 12.5. The summed E-state index contributed by atoms with van der Waals surface area (Å²) in [6.07, 6.45) is -0.412. The molecule has 0 aromatic heterocycles. The molecule has 0 amide bonds. The van der Waals surface area contributed by atoms with Crippen LogP contribution in [0.25, 0.3) is 0 Å². The van der Waals surface area contributed by atoms with E-state index in [-0.39, 0.29) is 6.04 Å². The van der Waals surface area contributed by atoms with Gasteiger partial charge in [0.25, 0.3) is 0 Å². The minimum Gasteiger partial charge on any atom is -0.310 e. The van der Waals surface area contributed by atoms with Gasteiger partial charge in [-0.25, -0.2) is 0 Å². The van der Waals surface area contributed by atoms with Gasteiger partial charge < -0.3 is 4.90 Å². The van der Waals surface area contributed by atoms with Crippen LogP contribution in [0.5, 0.6) is 0 Å². The Kier molecular flexibility index (Phi) is 1.55. The third kappa shape index (κ3) is 1.12. The van der Waals surface area contributed by atoms with Gasteiger partial charge in [0.2, 0.25) is 0 Å². The first-order valence-corrected chi connectivity index (χ1v) is 2.94. The van der Waals surface area contributed by atoms with Gasteiger partial charge in [-0.1, -0.05) is 0 Å². The monoisotopic (exact) mass is 131 g/mol. The number of hydrogen-bond donors (Lipinski definition) is 1. The van der Waals surface area contributed by atoms with E-state index in [2.05, 4.69) is 10.5 Å². The molecule has 1 aliphatic rings. The molecule has 0 fully saturated rings. The highest BCUT2D eigenvalue weighted by atomic mass is 19.1. The summed E-state index contributed by atoms with van der Waals surface area (Å²) in [5, 5.41) is 3.36. The molecular formula is C5H10FN3. The van der Waals surface area contributed by atoms with Crippen LogP contribution in [0.15, 0.2) is 5.10 Å². The molecule has 0 saturated carbocycles. The van der Waals surface area contributed by atoms with Gasteiger partial charge in [-0.3, -0.25) is 5.43 Å². The number of nitrogens with one attached hydrogen (secondary N) is 1. The molecule has 1 aliphatic heterocycles. The number of halogens is 1. The normalized spacial score (nSPS) is 18.2. The Morgan fingerprint density at radius 1 is 1.78 bits per heavy atom. The summed E-state index contributed by atoms with van der Waals surface area (Å²) in [5.41, 5.74) is 2.54. The third-order valence-corrected chi connectivity index (χ3v) is 1.27. The van der Waals surface area contributed by atoms with Crippen LogP contribution in [0.2, 0.25) is 0 Å². The predicted octanol–water partition coefficient (Wildman–Crippen LogP) is 0.498. The van der Waals surface area contributed by atoms with Gasteiger partial charge in [0.05, 0.1) is 0 Å². The van der Waals surface area contributed by atoms with Crippen molar-refractivity contribution in [1.29, 1.82) is 0 Å². The van der Waals surface area contributed by atoms with Crippen molar-refractivity contribution in [2.24, 2.45) is 5.10 Å². The fourth-order valence-electron chi connectivity index (χ4n) is 0.702. The van der Waals surface area contributed by atoms with Gasteiger partial charge in [0.1, 0.15) is 6.67 Å². The van der Waals surface area contributed by atoms with E-state index >= 15 is 0 Å². The average molecular weight is 131 g/mol. The Morgan fingerprint density at radius 2 is 2.44 bits per heavy atom. The third-order valence-electron chi connectivity index (χ3n) is 1.27. The van der Waals surface area contributed by atoms with Crippen LogP contribution in [0, 0.1) is 0 Å². The molecule has 0 aromatic rings. The van der Waals surface area contributed by atoms with Gasteiger partial charge in [-0.15, -0.1) is 5.10 Å². The van der Waals surface area contributed by atoms with Gasteiger partial charge in [-0.2, -0.15) is 4.39 Å². The van der Waals surface area contributed by atoms with E-state index in [1.54, 1.807) is 4.90 Å². The van der Waals surface area contributed by atoms with Gasteiger partial charge in [0.15, 0.2) is 0 Å². The topological polar surface area (TPSA) is 27.6 Å². The van der Waals surface area contributed by atoms with Crippen LogP contribution in [0.3, 0.4) is 0 Å². The first-order valence-electron chi connectivity index (χ1n) is 2.94. The summed E-state index contributed by atoms with van der Waals surface area (Å²) >= 11 is 0. The minimum atomic E-state index is -0.412. The van der Waals surface area contributed by atoms with Gasteiger partial charge >= 0.3 is 6.09 Å². The van der Waals surface area contributed by atoms with Crippen molar-refractivity contribution in [2.45, 2.75) is 19.9 Å². The second-order valence-corrected chi connectivity index (χ2v) is 2.26. The van der Waals surface area contributed by atoms with Crippen LogP contribution < -0.4 is 5.43 Å². The summed E-state index contributed by atoms with van der Waals surface area (Å²) in [7, 11) is 0. The highest BCUT2D eigenvalue weighted by Crippen LogP contribution is 2.03. The van der Waals surface area contributed by atoms with Crippen molar-refractivity contribution >= 4 is 6.09 Å². The maximum Gasteiger partial charge on any atom is 0.303 e. The molecule has 0 aliphatic carbocycles. The zero-order valence-corrected chi connectivity index (χ0v) is 5.56. The second-order valence-electron chi connectivity index (χ2n) is 2.26. The van der Waals surface area contributed by atoms with E-state index in [4.69, 9.17) is 0 Å². The van der Waals surface area contributed by atoms with Crippen molar-refractivity contribution in [3.8, 4) is 0 Å². The molecule has 52 valence electrons. The van der Waals surface area contributed by atoms with Crippen molar-refractivity contribution in [2.75, 3.05) is 6.67 Å². The van der Waals surface area contributed by atoms with Crippen LogP contribution in [0.1, 0.15) is 13.8 Å². The smallest absolute Gasteiger partial charge is 0.303 e. The molecule has 3 nitrogen and oxygen atoms in total. The molecule has 0 bridgehead atoms. The maximum absolute atomic E-state index is 12.5. The van der Waals surface area contributed by atoms with Crippen molar-refractivity contribution in [3.05, 3.63) is 0 Å². The molecule has 0 unspecified atom stereocenters. The predicted molar refractivity (Wildman–Crippen MR) is 33.5 cm³/mol. The molecule has 0 aromatic carbocycles. The van der Waals surface area contributed by atoms with Crippen molar-refractivity contribution < 1.29 is 4.39 Å². The number of nitrogens with zero attached hydrogens (tertiary/aromatic N) is 2. The Morgan fingerprint density at radius 3 is 2.67 bits per heavy atom. The zero-order valence-electron chi connectivity index (χ0n) is 5.56. The number of amidine groups is 1. The quantitative estimate of drug-likeness (QED) is 0.525. The number of rotatable bonds is 1. The van der Waals surface area contributed by atoms with Gasteiger partial charge in [-0.05, 0) is 13.8 Å². The number of hydrazone groups is 1. The Hall–Kier alpha value is -0.800. The van der Waals surface area contributed by atoms with Crippen LogP contribution in [-0.2, 0) is 0 Å². The fourth-order valence-corrected chi connectivity index (χ4v) is 0.702. The zero-order chi connectivity index (χ0) is 6.85. The highest BCUT2D eigenvalue weighted by Gasteiger charge is 2.18. The lowest BCUT2D eigenvalue weighted by molar-refractivity contribution is 0.332. The lowest BCUT2D eigenvalue weighted by Gasteiger charge is -2.18. The van der Waals surface area contributed by atoms with E-state index in [9.17, 15) is 4.39 Å². The molecule has 0 spiro atoms. The standard InChI is InChI=1S/C5H10FN3/c1-4(2)9-3-7-8-5(9)6/h4,7H,3H2,1-2H3. The van der Waals surface area contributed by atoms with Crippen LogP contribution in [-0.4, -0.2) is 23.7 Å². The van der Waals surface area contributed by atoms with Crippen molar-refractivity contribution in [3.63, 3.8) is 0 Å². The SMILES string of the molecule is CC(C)N1CNN=C1F. The Balaban J connectivity index is 2.53. The van der Waals surface area contributed by atoms with Crippen LogP contribution >= 0.6 is 0 Å². The summed E-state index contributed by atoms with van der Waals surface area (Å²) in [6, 6.07) is 0.184. The van der Waals surface area contributed by atoms with E-state index < -0.39 is 6.09 Å². The molecular weight excluding hydrogens is 121 g/mol. The molecule has 9 heavy (non-hydrogen) atoms. The maximum atomic E-state index is 12.5. The summed E-state index contributed by atoms with van der Waals surface area (Å²) in [5.74, 6) is 0. The van der Waals surface area contributed by atoms with Crippen LogP contribution in [0.4, 0.5) is 4.39 Å². The second kappa shape index (κ2) is 2.21. The van der Waals surface area contributed by atoms with E-state index in [1.807, 2.05) is 13.8 Å².